The van der Waals surface area contributed by atoms with Gasteiger partial charge in [0.15, 0.2) is 0 Å². The Hall–Kier alpha value is -4.54. The van der Waals surface area contributed by atoms with Crippen LogP contribution in [-0.2, 0) is 31.1 Å². The van der Waals surface area contributed by atoms with E-state index in [-0.39, 0.29) is 31.9 Å². The first-order chi connectivity index (χ1) is 21.4. The molecule has 0 unspecified atom stereocenters. The Morgan fingerprint density at radius 3 is 1.96 bits per heavy atom. The number of alkyl halides is 3. The summed E-state index contributed by atoms with van der Waals surface area (Å²) in [5, 5.41) is 9.39. The zero-order valence-corrected chi connectivity index (χ0v) is 25.2. The van der Waals surface area contributed by atoms with E-state index in [9.17, 15) is 23.1 Å². The lowest BCUT2D eigenvalue weighted by atomic mass is 10.1. The van der Waals surface area contributed by atoms with Crippen LogP contribution in [0.15, 0.2) is 91.0 Å². The minimum Gasteiger partial charge on any atom is -0.489 e. The molecule has 7 nitrogen and oxygen atoms in total. The number of halogens is 3. The molecule has 0 saturated heterocycles. The zero-order valence-electron chi connectivity index (χ0n) is 25.2. The monoisotopic (exact) mass is 622 g/mol. The minimum atomic E-state index is -4.86. The molecule has 0 bridgehead atoms. The molecular formula is C35H37F3N2O5. The normalized spacial score (nSPS) is 12.2. The highest BCUT2D eigenvalue weighted by atomic mass is 19.4. The number of ether oxygens (including phenoxy) is 3. The molecule has 45 heavy (non-hydrogen) atoms. The maximum Gasteiger partial charge on any atom is 0.573 e. The second-order valence-electron chi connectivity index (χ2n) is 10.9. The third-order valence-electron chi connectivity index (χ3n) is 7.06. The quantitative estimate of drug-likeness (QED) is 0.145. The van der Waals surface area contributed by atoms with Crippen molar-refractivity contribution in [2.75, 3.05) is 6.54 Å². The maximum absolute atomic E-state index is 13.0. The van der Waals surface area contributed by atoms with Crippen LogP contribution in [0.1, 0.15) is 39.8 Å². The van der Waals surface area contributed by atoms with Gasteiger partial charge in [0.05, 0.1) is 0 Å². The number of rotatable bonds is 15. The average molecular weight is 623 g/mol. The van der Waals surface area contributed by atoms with Gasteiger partial charge in [0.25, 0.3) is 0 Å². The third-order valence-corrected chi connectivity index (χ3v) is 7.06. The van der Waals surface area contributed by atoms with Crippen LogP contribution in [0.25, 0.3) is 0 Å². The fourth-order valence-electron chi connectivity index (χ4n) is 4.84. The molecule has 3 N–H and O–H groups in total. The third kappa shape index (κ3) is 10.8. The highest BCUT2D eigenvalue weighted by Crippen LogP contribution is 2.32. The van der Waals surface area contributed by atoms with Gasteiger partial charge in [-0.15, -0.1) is 13.2 Å². The molecule has 0 heterocycles. The van der Waals surface area contributed by atoms with Crippen molar-refractivity contribution in [1.29, 1.82) is 0 Å². The fourth-order valence-corrected chi connectivity index (χ4v) is 4.84. The van der Waals surface area contributed by atoms with Crippen LogP contribution in [0.4, 0.5) is 13.2 Å². The molecule has 0 aliphatic carbocycles. The lowest BCUT2D eigenvalue weighted by molar-refractivity contribution is -0.274. The van der Waals surface area contributed by atoms with Gasteiger partial charge in [-0.2, -0.15) is 0 Å². The van der Waals surface area contributed by atoms with Gasteiger partial charge in [-0.05, 0) is 43.5 Å². The first kappa shape index (κ1) is 33.4. The van der Waals surface area contributed by atoms with E-state index in [1.54, 1.807) is 0 Å². The summed E-state index contributed by atoms with van der Waals surface area (Å²) in [6.07, 6.45) is -4.72. The molecule has 0 spiro atoms. The Kier molecular flexibility index (Phi) is 11.5. The van der Waals surface area contributed by atoms with E-state index in [0.717, 1.165) is 27.8 Å². The Morgan fingerprint density at radius 1 is 0.800 bits per heavy atom. The van der Waals surface area contributed by atoms with Gasteiger partial charge < -0.3 is 25.1 Å². The van der Waals surface area contributed by atoms with Crippen LogP contribution in [0, 0.1) is 13.8 Å². The first-order valence-corrected chi connectivity index (χ1v) is 14.5. The number of nitrogens with two attached hydrogens (primary N) is 1. The molecule has 4 rings (SSSR count). The lowest BCUT2D eigenvalue weighted by Crippen LogP contribution is -2.35. The number of carbonyl (C=O) groups is 1. The van der Waals surface area contributed by atoms with E-state index in [1.165, 1.54) is 18.2 Å². The molecule has 0 amide bonds. The van der Waals surface area contributed by atoms with Gasteiger partial charge in [0.1, 0.15) is 36.5 Å². The van der Waals surface area contributed by atoms with E-state index in [0.29, 0.717) is 24.5 Å². The number of carboxylic acid groups (broad SMARTS) is 1. The number of carboxylic acids is 1. The van der Waals surface area contributed by atoms with Crippen molar-refractivity contribution in [3.8, 4) is 17.2 Å². The Morgan fingerprint density at radius 2 is 1.38 bits per heavy atom. The standard InChI is InChI=1S/C35H37F3N2O5/c1-24-7-5-9-26(17-24)22-43-32-12-4-3-11-28(32)20-40(16-15-31(39)34(41)42)21-29-13-14-30(45-35(36,37)38)19-33(29)44-23-27-10-6-8-25(2)18-27/h3-14,17-19,31H,15-16,20-23,39H2,1-2H3,(H,41,42)/t31-/m0/s1. The predicted molar refractivity (Wildman–Crippen MR) is 165 cm³/mol. The van der Waals surface area contributed by atoms with Gasteiger partial charge in [-0.25, -0.2) is 0 Å². The first-order valence-electron chi connectivity index (χ1n) is 14.5. The molecule has 0 aliphatic rings. The maximum atomic E-state index is 13.0. The predicted octanol–water partition coefficient (Wildman–Crippen LogP) is 7.16. The van der Waals surface area contributed by atoms with Crippen molar-refractivity contribution in [2.45, 2.75) is 59.0 Å². The van der Waals surface area contributed by atoms with Crippen LogP contribution in [-0.4, -0.2) is 34.9 Å². The van der Waals surface area contributed by atoms with Gasteiger partial charge in [-0.1, -0.05) is 83.9 Å². The highest BCUT2D eigenvalue weighted by molar-refractivity contribution is 5.73. The van der Waals surface area contributed by atoms with E-state index >= 15 is 0 Å². The number of aryl methyl sites for hydroxylation is 2. The lowest BCUT2D eigenvalue weighted by Gasteiger charge is -2.26. The van der Waals surface area contributed by atoms with Gasteiger partial charge in [-0.3, -0.25) is 9.69 Å². The van der Waals surface area contributed by atoms with Crippen LogP contribution < -0.4 is 19.9 Å². The van der Waals surface area contributed by atoms with Crippen molar-refractivity contribution in [1.82, 2.24) is 4.90 Å². The van der Waals surface area contributed by atoms with Crippen molar-refractivity contribution in [3.63, 3.8) is 0 Å². The number of hydrogen-bond acceptors (Lipinski definition) is 6. The molecule has 0 radical (unpaired) electrons. The summed E-state index contributed by atoms with van der Waals surface area (Å²) < 4.78 is 55.5. The molecule has 1 atom stereocenters. The van der Waals surface area contributed by atoms with Crippen molar-refractivity contribution >= 4 is 5.97 Å². The fraction of sp³-hybridized carbons (Fsp3) is 0.286. The molecule has 4 aromatic carbocycles. The summed E-state index contributed by atoms with van der Waals surface area (Å²) in [6, 6.07) is 26.1. The van der Waals surface area contributed by atoms with Crippen molar-refractivity contribution < 1.29 is 37.3 Å². The molecule has 4 aromatic rings. The smallest absolute Gasteiger partial charge is 0.489 e. The van der Waals surface area contributed by atoms with Crippen LogP contribution in [0.3, 0.4) is 0 Å². The minimum absolute atomic E-state index is 0.129. The summed E-state index contributed by atoms with van der Waals surface area (Å²) >= 11 is 0. The molecule has 238 valence electrons. The summed E-state index contributed by atoms with van der Waals surface area (Å²) in [5.74, 6) is -0.640. The van der Waals surface area contributed by atoms with Crippen LogP contribution in [0.5, 0.6) is 17.2 Å². The van der Waals surface area contributed by atoms with Crippen LogP contribution >= 0.6 is 0 Å². The molecular weight excluding hydrogens is 585 g/mol. The largest absolute Gasteiger partial charge is 0.573 e. The van der Waals surface area contributed by atoms with Gasteiger partial charge in [0.2, 0.25) is 0 Å². The van der Waals surface area contributed by atoms with E-state index in [1.807, 2.05) is 91.5 Å². The number of nitrogens with zero attached hydrogens (tertiary/aromatic N) is 1. The van der Waals surface area contributed by atoms with E-state index in [4.69, 9.17) is 15.2 Å². The Bertz CT molecular complexity index is 1580. The van der Waals surface area contributed by atoms with E-state index < -0.39 is 24.1 Å². The Balaban J connectivity index is 1.60. The number of benzene rings is 4. The molecule has 0 fully saturated rings. The summed E-state index contributed by atoms with van der Waals surface area (Å²) in [6.45, 7) is 5.32. The molecule has 0 aliphatic heterocycles. The average Bonchev–Trinajstić information content (AvgIpc) is 2.98. The number of para-hydroxylation sites is 1. The zero-order chi connectivity index (χ0) is 32.4. The van der Waals surface area contributed by atoms with E-state index in [2.05, 4.69) is 4.74 Å². The second-order valence-corrected chi connectivity index (χ2v) is 10.9. The highest BCUT2D eigenvalue weighted by Gasteiger charge is 2.31. The van der Waals surface area contributed by atoms with Crippen molar-refractivity contribution in [2.24, 2.45) is 5.73 Å². The number of hydrogen-bond donors (Lipinski definition) is 2. The van der Waals surface area contributed by atoms with Gasteiger partial charge in [0, 0.05) is 36.8 Å². The topological polar surface area (TPSA) is 94.3 Å². The number of aliphatic carboxylic acids is 1. The van der Waals surface area contributed by atoms with Crippen molar-refractivity contribution in [3.05, 3.63) is 124 Å². The SMILES string of the molecule is Cc1cccc(COc2ccccc2CN(CC[C@H](N)C(=O)O)Cc2ccc(OC(F)(F)F)cc2OCc2cccc(C)c2)c1. The molecule has 0 aromatic heterocycles. The Labute approximate surface area is 261 Å². The van der Waals surface area contributed by atoms with Gasteiger partial charge >= 0.3 is 12.3 Å². The summed E-state index contributed by atoms with van der Waals surface area (Å²) in [5.41, 5.74) is 11.3. The molecule has 0 saturated carbocycles. The molecule has 10 heteroatoms. The summed E-state index contributed by atoms with van der Waals surface area (Å²) in [4.78, 5) is 13.5. The van der Waals surface area contributed by atoms with Crippen LogP contribution in [0.2, 0.25) is 0 Å². The second kappa shape index (κ2) is 15.5. The summed E-state index contributed by atoms with van der Waals surface area (Å²) in [7, 11) is 0.